The van der Waals surface area contributed by atoms with Crippen LogP contribution in [0, 0.1) is 5.82 Å². The number of imidazole rings is 1. The van der Waals surface area contributed by atoms with Crippen molar-refractivity contribution in [2.24, 2.45) is 0 Å². The molecule has 0 aliphatic heterocycles. The summed E-state index contributed by atoms with van der Waals surface area (Å²) < 4.78 is 15.3. The second kappa shape index (κ2) is 8.01. The first-order valence-electron chi connectivity index (χ1n) is 8.13. The van der Waals surface area contributed by atoms with E-state index in [4.69, 9.17) is 5.73 Å². The van der Waals surface area contributed by atoms with Gasteiger partial charge >= 0.3 is 0 Å². The van der Waals surface area contributed by atoms with Crippen LogP contribution in [0.4, 0.5) is 10.3 Å². The maximum atomic E-state index is 13.3. The summed E-state index contributed by atoms with van der Waals surface area (Å²) in [6.07, 6.45) is 10.2. The maximum absolute atomic E-state index is 13.3. The number of nitrogens with two attached hydrogens (primary N) is 1. The zero-order chi connectivity index (χ0) is 15.1. The Morgan fingerprint density at radius 2 is 1.71 bits per heavy atom. The van der Waals surface area contributed by atoms with E-state index in [1.54, 1.807) is 6.07 Å². The Morgan fingerprint density at radius 1 is 1.05 bits per heavy atom. The second-order valence-electron chi connectivity index (χ2n) is 5.73. The minimum atomic E-state index is -0.237. The summed E-state index contributed by atoms with van der Waals surface area (Å²) in [6.45, 7) is 3.06. The summed E-state index contributed by atoms with van der Waals surface area (Å²) in [4.78, 5) is 4.28. The Labute approximate surface area is 126 Å². The Hall–Kier alpha value is -1.58. The van der Waals surface area contributed by atoms with Gasteiger partial charge in [0.05, 0.1) is 11.0 Å². The Bertz CT molecular complexity index is 562. The normalized spacial score (nSPS) is 11.3. The first-order chi connectivity index (χ1) is 10.2. The van der Waals surface area contributed by atoms with E-state index in [1.165, 1.54) is 57.1 Å². The van der Waals surface area contributed by atoms with Gasteiger partial charge in [-0.15, -0.1) is 0 Å². The highest BCUT2D eigenvalue weighted by atomic mass is 19.1. The molecule has 0 aliphatic rings. The quantitative estimate of drug-likeness (QED) is 0.668. The van der Waals surface area contributed by atoms with E-state index in [2.05, 4.69) is 11.9 Å². The molecule has 2 aromatic rings. The Balaban J connectivity index is 1.78. The van der Waals surface area contributed by atoms with Gasteiger partial charge in [-0.05, 0) is 24.6 Å². The number of nitrogen functional groups attached to an aromatic ring is 1. The van der Waals surface area contributed by atoms with Gasteiger partial charge in [-0.3, -0.25) is 0 Å². The van der Waals surface area contributed by atoms with Crippen LogP contribution in [0.3, 0.4) is 0 Å². The lowest BCUT2D eigenvalue weighted by Gasteiger charge is -2.06. The van der Waals surface area contributed by atoms with E-state index in [9.17, 15) is 4.39 Å². The predicted octanol–water partition coefficient (Wildman–Crippen LogP) is 4.90. The number of nitrogens with zero attached hydrogens (tertiary/aromatic N) is 2. The molecule has 1 aromatic heterocycles. The van der Waals surface area contributed by atoms with Gasteiger partial charge in [-0.25, -0.2) is 9.37 Å². The zero-order valence-corrected chi connectivity index (χ0v) is 12.9. The first-order valence-corrected chi connectivity index (χ1v) is 8.13. The highest BCUT2D eigenvalue weighted by Gasteiger charge is 2.08. The molecule has 0 saturated carbocycles. The van der Waals surface area contributed by atoms with Gasteiger partial charge in [0.15, 0.2) is 0 Å². The summed E-state index contributed by atoms with van der Waals surface area (Å²) in [7, 11) is 0. The average molecular weight is 291 g/mol. The van der Waals surface area contributed by atoms with Crippen molar-refractivity contribution < 1.29 is 4.39 Å². The van der Waals surface area contributed by atoms with E-state index in [-0.39, 0.29) is 5.82 Å². The van der Waals surface area contributed by atoms with Gasteiger partial charge in [-0.1, -0.05) is 51.9 Å². The number of halogens is 1. The molecule has 21 heavy (non-hydrogen) atoms. The first kappa shape index (κ1) is 15.8. The number of unbranched alkanes of at least 4 members (excludes halogenated alkanes) is 7. The maximum Gasteiger partial charge on any atom is 0.201 e. The Kier molecular flexibility index (Phi) is 6.03. The third-order valence-corrected chi connectivity index (χ3v) is 3.98. The lowest BCUT2D eigenvalue weighted by molar-refractivity contribution is 0.549. The molecule has 0 fully saturated rings. The Morgan fingerprint density at radius 3 is 2.43 bits per heavy atom. The molecule has 2 rings (SSSR count). The van der Waals surface area contributed by atoms with E-state index in [0.29, 0.717) is 5.95 Å². The summed E-state index contributed by atoms with van der Waals surface area (Å²) in [5, 5.41) is 0. The molecule has 0 spiro atoms. The molecular weight excluding hydrogens is 265 g/mol. The van der Waals surface area contributed by atoms with Crippen molar-refractivity contribution in [3.05, 3.63) is 24.0 Å². The minimum absolute atomic E-state index is 0.237. The standard InChI is InChI=1S/C17H26FN3/c1-2-3-4-5-6-7-8-9-12-21-16-13-14(18)10-11-15(16)20-17(21)19/h10-11,13H,2-9,12H2,1H3,(H2,19,20). The molecule has 0 unspecified atom stereocenters. The van der Waals surface area contributed by atoms with Crippen LogP contribution in [0.15, 0.2) is 18.2 Å². The van der Waals surface area contributed by atoms with Crippen LogP contribution in [-0.2, 0) is 6.54 Å². The van der Waals surface area contributed by atoms with Crippen molar-refractivity contribution in [1.82, 2.24) is 9.55 Å². The second-order valence-corrected chi connectivity index (χ2v) is 5.73. The minimum Gasteiger partial charge on any atom is -0.369 e. The molecule has 1 aromatic carbocycles. The van der Waals surface area contributed by atoms with Gasteiger partial charge in [0.1, 0.15) is 5.82 Å². The highest BCUT2D eigenvalue weighted by Crippen LogP contribution is 2.20. The fraction of sp³-hybridized carbons (Fsp3) is 0.588. The third kappa shape index (κ3) is 4.45. The van der Waals surface area contributed by atoms with Gasteiger partial charge in [-0.2, -0.15) is 0 Å². The van der Waals surface area contributed by atoms with Crippen molar-refractivity contribution in [3.63, 3.8) is 0 Å². The molecule has 0 aliphatic carbocycles. The number of aryl methyl sites for hydroxylation is 1. The molecule has 3 nitrogen and oxygen atoms in total. The molecular formula is C17H26FN3. The van der Waals surface area contributed by atoms with Crippen LogP contribution in [0.1, 0.15) is 58.3 Å². The number of fused-ring (bicyclic) bond motifs is 1. The van der Waals surface area contributed by atoms with E-state index in [1.807, 2.05) is 4.57 Å². The topological polar surface area (TPSA) is 43.8 Å². The third-order valence-electron chi connectivity index (χ3n) is 3.98. The number of hydrogen-bond acceptors (Lipinski definition) is 2. The van der Waals surface area contributed by atoms with E-state index in [0.717, 1.165) is 24.0 Å². The fourth-order valence-electron chi connectivity index (χ4n) is 2.75. The molecule has 2 N–H and O–H groups in total. The number of anilines is 1. The van der Waals surface area contributed by atoms with Crippen LogP contribution >= 0.6 is 0 Å². The monoisotopic (exact) mass is 291 g/mol. The largest absolute Gasteiger partial charge is 0.369 e. The zero-order valence-electron chi connectivity index (χ0n) is 12.9. The summed E-state index contributed by atoms with van der Waals surface area (Å²) in [5.41, 5.74) is 7.50. The lowest BCUT2D eigenvalue weighted by atomic mass is 10.1. The lowest BCUT2D eigenvalue weighted by Crippen LogP contribution is -2.03. The summed E-state index contributed by atoms with van der Waals surface area (Å²) in [5.74, 6) is 0.248. The van der Waals surface area contributed by atoms with Crippen LogP contribution in [-0.4, -0.2) is 9.55 Å². The fourth-order valence-corrected chi connectivity index (χ4v) is 2.75. The van der Waals surface area contributed by atoms with Crippen molar-refractivity contribution >= 4 is 17.0 Å². The summed E-state index contributed by atoms with van der Waals surface area (Å²) >= 11 is 0. The van der Waals surface area contributed by atoms with Crippen LogP contribution in [0.5, 0.6) is 0 Å². The van der Waals surface area contributed by atoms with Gasteiger partial charge < -0.3 is 10.3 Å². The van der Waals surface area contributed by atoms with Gasteiger partial charge in [0, 0.05) is 6.54 Å². The molecule has 0 bridgehead atoms. The van der Waals surface area contributed by atoms with Crippen LogP contribution in [0.25, 0.3) is 11.0 Å². The van der Waals surface area contributed by atoms with Gasteiger partial charge in [0.25, 0.3) is 0 Å². The molecule has 0 saturated heterocycles. The SMILES string of the molecule is CCCCCCCCCCn1c(N)nc2ccc(F)cc21. The predicted molar refractivity (Wildman–Crippen MR) is 86.7 cm³/mol. The van der Waals surface area contributed by atoms with E-state index >= 15 is 0 Å². The molecule has 0 radical (unpaired) electrons. The van der Waals surface area contributed by atoms with E-state index < -0.39 is 0 Å². The van der Waals surface area contributed by atoms with Crippen LogP contribution < -0.4 is 5.73 Å². The van der Waals surface area contributed by atoms with Crippen molar-refractivity contribution in [2.75, 3.05) is 5.73 Å². The molecule has 4 heteroatoms. The van der Waals surface area contributed by atoms with Crippen molar-refractivity contribution in [2.45, 2.75) is 64.8 Å². The van der Waals surface area contributed by atoms with Crippen molar-refractivity contribution in [3.8, 4) is 0 Å². The number of rotatable bonds is 9. The molecule has 0 amide bonds. The summed E-state index contributed by atoms with van der Waals surface area (Å²) in [6, 6.07) is 4.63. The molecule has 0 atom stereocenters. The smallest absolute Gasteiger partial charge is 0.201 e. The average Bonchev–Trinajstić information content (AvgIpc) is 2.77. The van der Waals surface area contributed by atoms with Crippen molar-refractivity contribution in [1.29, 1.82) is 0 Å². The van der Waals surface area contributed by atoms with Gasteiger partial charge in [0.2, 0.25) is 5.95 Å². The van der Waals surface area contributed by atoms with Crippen LogP contribution in [0.2, 0.25) is 0 Å². The highest BCUT2D eigenvalue weighted by molar-refractivity contribution is 5.78. The number of hydrogen-bond donors (Lipinski definition) is 1. The molecule has 1 heterocycles. The number of aromatic nitrogens is 2. The molecule has 116 valence electrons. The number of benzene rings is 1.